The average Bonchev–Trinajstić information content (AvgIpc) is 2.73. The molecule has 0 amide bonds. The third-order valence-electron chi connectivity index (χ3n) is 2.12. The molecule has 0 radical (unpaired) electrons. The first-order valence-corrected chi connectivity index (χ1v) is 5.73. The van der Waals surface area contributed by atoms with Crippen LogP contribution in [0.5, 0.6) is 0 Å². The van der Waals surface area contributed by atoms with Crippen molar-refractivity contribution in [3.8, 4) is 11.8 Å². The number of hydrogen-bond donors (Lipinski definition) is 0. The lowest BCUT2D eigenvalue weighted by Crippen LogP contribution is -1.79. The van der Waals surface area contributed by atoms with Crippen LogP contribution in [0.4, 0.5) is 0 Å². The number of aryl methyl sites for hydroxylation is 1. The highest BCUT2D eigenvalue weighted by molar-refractivity contribution is 7.12. The first-order chi connectivity index (χ1) is 7.78. The quantitative estimate of drug-likeness (QED) is 0.539. The van der Waals surface area contributed by atoms with Crippen LogP contribution >= 0.6 is 11.3 Å². The fraction of sp³-hybridized carbons (Fsp3) is 0.0714. The minimum atomic E-state index is 0.678. The lowest BCUT2D eigenvalue weighted by atomic mass is 10.1. The molecular weight excluding hydrogens is 216 g/mol. The normalized spacial score (nSPS) is 9.31. The molecule has 0 saturated carbocycles. The number of carbonyl (C=O) groups excluding carboxylic acids is 1. The van der Waals surface area contributed by atoms with Gasteiger partial charge in [0.1, 0.15) is 6.29 Å². The van der Waals surface area contributed by atoms with Gasteiger partial charge in [0.2, 0.25) is 0 Å². The number of benzene rings is 1. The molecule has 1 aromatic heterocycles. The van der Waals surface area contributed by atoms with E-state index in [0.29, 0.717) is 5.56 Å². The molecular formula is C14H10OS. The van der Waals surface area contributed by atoms with Crippen molar-refractivity contribution in [2.45, 2.75) is 6.92 Å². The van der Waals surface area contributed by atoms with Crippen LogP contribution in [0, 0.1) is 18.8 Å². The predicted molar refractivity (Wildman–Crippen MR) is 66.9 cm³/mol. The standard InChI is InChI=1S/C14H10OS/c1-11-2-8-14(16-11)9-7-12-3-5-13(10-15)6-4-12/h2-6,8,10H,1H3. The van der Waals surface area contributed by atoms with Gasteiger partial charge in [0.25, 0.3) is 0 Å². The number of hydrogen-bond acceptors (Lipinski definition) is 2. The van der Waals surface area contributed by atoms with Crippen molar-refractivity contribution in [3.05, 3.63) is 57.3 Å². The molecule has 2 heteroatoms. The van der Waals surface area contributed by atoms with Gasteiger partial charge in [-0.25, -0.2) is 0 Å². The highest BCUT2D eigenvalue weighted by atomic mass is 32.1. The third kappa shape index (κ3) is 2.59. The first kappa shape index (κ1) is 10.7. The van der Waals surface area contributed by atoms with E-state index in [1.165, 1.54) is 4.88 Å². The van der Waals surface area contributed by atoms with Crippen LogP contribution < -0.4 is 0 Å². The van der Waals surface area contributed by atoms with Crippen LogP contribution in [0.15, 0.2) is 36.4 Å². The van der Waals surface area contributed by atoms with E-state index in [4.69, 9.17) is 0 Å². The molecule has 0 bridgehead atoms. The van der Waals surface area contributed by atoms with Crippen LogP contribution in [0.1, 0.15) is 25.7 Å². The van der Waals surface area contributed by atoms with Gasteiger partial charge in [-0.15, -0.1) is 11.3 Å². The predicted octanol–water partition coefficient (Wildman–Crippen LogP) is 3.27. The van der Waals surface area contributed by atoms with Gasteiger partial charge in [-0.2, -0.15) is 0 Å². The summed E-state index contributed by atoms with van der Waals surface area (Å²) in [6.07, 6.45) is 0.833. The average molecular weight is 226 g/mol. The lowest BCUT2D eigenvalue weighted by Gasteiger charge is -1.90. The fourth-order valence-electron chi connectivity index (χ4n) is 1.28. The number of carbonyl (C=O) groups is 1. The lowest BCUT2D eigenvalue weighted by molar-refractivity contribution is 0.112. The molecule has 0 N–H and O–H groups in total. The van der Waals surface area contributed by atoms with Crippen molar-refractivity contribution < 1.29 is 4.79 Å². The molecule has 1 heterocycles. The summed E-state index contributed by atoms with van der Waals surface area (Å²) in [5.74, 6) is 6.17. The van der Waals surface area contributed by atoms with E-state index in [0.717, 1.165) is 16.7 Å². The van der Waals surface area contributed by atoms with Crippen LogP contribution in [-0.4, -0.2) is 6.29 Å². The van der Waals surface area contributed by atoms with E-state index in [1.807, 2.05) is 18.2 Å². The van der Waals surface area contributed by atoms with E-state index in [2.05, 4.69) is 24.8 Å². The maximum Gasteiger partial charge on any atom is 0.150 e. The van der Waals surface area contributed by atoms with Crippen molar-refractivity contribution in [1.29, 1.82) is 0 Å². The summed E-state index contributed by atoms with van der Waals surface area (Å²) in [6.45, 7) is 2.06. The third-order valence-corrected chi connectivity index (χ3v) is 3.03. The van der Waals surface area contributed by atoms with Crippen molar-refractivity contribution in [2.75, 3.05) is 0 Å². The summed E-state index contributed by atoms with van der Waals surface area (Å²) < 4.78 is 0. The van der Waals surface area contributed by atoms with E-state index in [9.17, 15) is 4.79 Å². The molecule has 1 aromatic carbocycles. The van der Waals surface area contributed by atoms with E-state index >= 15 is 0 Å². The first-order valence-electron chi connectivity index (χ1n) is 4.91. The van der Waals surface area contributed by atoms with Gasteiger partial charge in [-0.3, -0.25) is 4.79 Å². The Morgan fingerprint density at radius 2 is 1.81 bits per heavy atom. The summed E-state index contributed by atoms with van der Waals surface area (Å²) >= 11 is 1.68. The largest absolute Gasteiger partial charge is 0.298 e. The topological polar surface area (TPSA) is 17.1 Å². The molecule has 0 spiro atoms. The van der Waals surface area contributed by atoms with Crippen molar-refractivity contribution in [1.82, 2.24) is 0 Å². The van der Waals surface area contributed by atoms with Gasteiger partial charge in [0.05, 0.1) is 4.88 Å². The number of thiophene rings is 1. The van der Waals surface area contributed by atoms with Gasteiger partial charge >= 0.3 is 0 Å². The van der Waals surface area contributed by atoms with Crippen molar-refractivity contribution in [3.63, 3.8) is 0 Å². The summed E-state index contributed by atoms with van der Waals surface area (Å²) in [7, 11) is 0. The Bertz CT molecular complexity index is 552. The number of aldehydes is 1. The molecule has 0 saturated heterocycles. The molecule has 0 aliphatic rings. The monoisotopic (exact) mass is 226 g/mol. The zero-order valence-electron chi connectivity index (χ0n) is 8.86. The molecule has 0 unspecified atom stereocenters. The maximum absolute atomic E-state index is 10.5. The molecule has 2 aromatic rings. The Labute approximate surface area is 98.7 Å². The van der Waals surface area contributed by atoms with Gasteiger partial charge in [-0.1, -0.05) is 24.0 Å². The van der Waals surface area contributed by atoms with E-state index in [1.54, 1.807) is 23.5 Å². The molecule has 0 aliphatic carbocycles. The zero-order chi connectivity index (χ0) is 11.4. The second-order valence-electron chi connectivity index (χ2n) is 3.40. The van der Waals surface area contributed by atoms with Gasteiger partial charge < -0.3 is 0 Å². The highest BCUT2D eigenvalue weighted by Crippen LogP contribution is 2.13. The van der Waals surface area contributed by atoms with Crippen molar-refractivity contribution in [2.24, 2.45) is 0 Å². The Kier molecular flexibility index (Phi) is 3.19. The molecule has 0 fully saturated rings. The van der Waals surface area contributed by atoms with Crippen LogP contribution in [0.2, 0.25) is 0 Å². The maximum atomic E-state index is 10.5. The molecule has 0 aliphatic heterocycles. The van der Waals surface area contributed by atoms with Crippen molar-refractivity contribution >= 4 is 17.6 Å². The zero-order valence-corrected chi connectivity index (χ0v) is 9.67. The summed E-state index contributed by atoms with van der Waals surface area (Å²) in [5, 5.41) is 0. The Hall–Kier alpha value is -1.85. The Morgan fingerprint density at radius 1 is 1.06 bits per heavy atom. The summed E-state index contributed by atoms with van der Waals surface area (Å²) in [6, 6.07) is 11.3. The smallest absolute Gasteiger partial charge is 0.150 e. The Morgan fingerprint density at radius 3 is 2.38 bits per heavy atom. The van der Waals surface area contributed by atoms with Crippen LogP contribution in [-0.2, 0) is 0 Å². The minimum absolute atomic E-state index is 0.678. The summed E-state index contributed by atoms with van der Waals surface area (Å²) in [4.78, 5) is 12.8. The second-order valence-corrected chi connectivity index (χ2v) is 4.69. The molecule has 78 valence electrons. The van der Waals surface area contributed by atoms with E-state index < -0.39 is 0 Å². The minimum Gasteiger partial charge on any atom is -0.298 e. The molecule has 1 nitrogen and oxygen atoms in total. The van der Waals surface area contributed by atoms with Gasteiger partial charge in [0.15, 0.2) is 0 Å². The van der Waals surface area contributed by atoms with Gasteiger partial charge in [-0.05, 0) is 31.2 Å². The molecule has 0 atom stereocenters. The molecule has 16 heavy (non-hydrogen) atoms. The number of rotatable bonds is 1. The second kappa shape index (κ2) is 4.78. The Balaban J connectivity index is 2.20. The van der Waals surface area contributed by atoms with Gasteiger partial charge in [0, 0.05) is 16.0 Å². The fourth-order valence-corrected chi connectivity index (χ4v) is 2.00. The summed E-state index contributed by atoms with van der Waals surface area (Å²) in [5.41, 5.74) is 1.61. The van der Waals surface area contributed by atoms with Crippen LogP contribution in [0.3, 0.4) is 0 Å². The highest BCUT2D eigenvalue weighted by Gasteiger charge is 1.92. The van der Waals surface area contributed by atoms with E-state index in [-0.39, 0.29) is 0 Å². The van der Waals surface area contributed by atoms with Crippen LogP contribution in [0.25, 0.3) is 0 Å². The SMILES string of the molecule is Cc1ccc(C#Cc2ccc(C=O)cc2)s1. The molecule has 2 rings (SSSR count).